The van der Waals surface area contributed by atoms with Crippen LogP contribution in [0, 0.1) is 0 Å². The van der Waals surface area contributed by atoms with Gasteiger partial charge in [0, 0.05) is 20.0 Å². The molecule has 24 nitrogen and oxygen atoms in total. The van der Waals surface area contributed by atoms with Crippen LogP contribution in [0.15, 0.2) is 11.8 Å². The lowest BCUT2D eigenvalue weighted by molar-refractivity contribution is -0.311. The van der Waals surface area contributed by atoms with Gasteiger partial charge >= 0.3 is 24.4 Å². The third-order valence-corrected chi connectivity index (χ3v) is 11.5. The van der Waals surface area contributed by atoms with E-state index in [4.69, 9.17) is 43.6 Å². The average molecular weight is 1020 g/mol. The second-order valence-corrected chi connectivity index (χ2v) is 23.0. The van der Waals surface area contributed by atoms with Crippen LogP contribution in [-0.4, -0.2) is 202 Å². The van der Waals surface area contributed by atoms with Gasteiger partial charge in [0.2, 0.25) is 6.29 Å². The van der Waals surface area contributed by atoms with E-state index in [0.29, 0.717) is 25.3 Å². The highest BCUT2D eigenvalue weighted by molar-refractivity contribution is 5.87. The maximum Gasteiger partial charge on any atom is 0.410 e. The number of aliphatic hydroxyl groups is 4. The van der Waals surface area contributed by atoms with Crippen molar-refractivity contribution in [2.24, 2.45) is 5.73 Å². The van der Waals surface area contributed by atoms with Crippen molar-refractivity contribution in [2.45, 2.75) is 210 Å². The second kappa shape index (κ2) is 23.3. The van der Waals surface area contributed by atoms with Gasteiger partial charge in [0.15, 0.2) is 11.9 Å². The Kier molecular flexibility index (Phi) is 19.5. The Morgan fingerprint density at radius 2 is 1.32 bits per heavy atom. The number of hydrogen-bond acceptors (Lipinski definition) is 19. The molecule has 0 aromatic carbocycles. The molecule has 1 aliphatic carbocycles. The van der Waals surface area contributed by atoms with E-state index in [9.17, 15) is 44.4 Å². The smallest absolute Gasteiger partial charge is 0.410 e. The van der Waals surface area contributed by atoms with Crippen molar-refractivity contribution in [1.29, 1.82) is 0 Å². The molecule has 2 saturated heterocycles. The number of rotatable bonds is 14. The number of alkyl carbamates (subject to hydrolysis) is 2. The predicted octanol–water partition coefficient (Wildman–Crippen LogP) is 1.44. The number of amides is 5. The number of nitrogens with one attached hydrogen (secondary N) is 4. The molecule has 1 saturated carbocycles. The molecule has 10 N–H and O–H groups in total. The van der Waals surface area contributed by atoms with Gasteiger partial charge in [-0.3, -0.25) is 4.79 Å². The molecule has 0 radical (unpaired) electrons. The van der Waals surface area contributed by atoms with Crippen LogP contribution in [-0.2, 0) is 42.7 Å². The summed E-state index contributed by atoms with van der Waals surface area (Å²) in [5.41, 5.74) is -2.06. The van der Waals surface area contributed by atoms with Crippen LogP contribution in [0.5, 0.6) is 0 Å². The summed E-state index contributed by atoms with van der Waals surface area (Å²) in [5, 5.41) is 59.5. The predicted molar refractivity (Wildman–Crippen MR) is 254 cm³/mol. The topological polar surface area (TPSA) is 321 Å². The molecule has 12 atom stereocenters. The first kappa shape index (κ1) is 59.3. The van der Waals surface area contributed by atoms with Crippen LogP contribution < -0.4 is 27.0 Å². The minimum absolute atomic E-state index is 0.0434. The summed E-state index contributed by atoms with van der Waals surface area (Å²) in [6.45, 7) is 21.6. The van der Waals surface area contributed by atoms with Gasteiger partial charge < -0.3 is 95.1 Å². The Labute approximate surface area is 417 Å². The number of ether oxygens (including phenoxy) is 8. The molecule has 5 amide bonds. The molecule has 24 heteroatoms. The number of aliphatic hydroxyl groups excluding tert-OH is 2. The van der Waals surface area contributed by atoms with Gasteiger partial charge in [0.05, 0.1) is 43.9 Å². The van der Waals surface area contributed by atoms with Gasteiger partial charge in [0.1, 0.15) is 58.2 Å². The van der Waals surface area contributed by atoms with Crippen molar-refractivity contribution in [1.82, 2.24) is 31.1 Å². The number of carbonyl (C=O) groups excluding carboxylic acids is 5. The molecule has 0 spiro atoms. The largest absolute Gasteiger partial charge is 0.466 e. The molecule has 1 unspecified atom stereocenters. The van der Waals surface area contributed by atoms with Gasteiger partial charge in [-0.05, 0) is 128 Å². The quantitative estimate of drug-likeness (QED) is 0.0878. The van der Waals surface area contributed by atoms with Crippen LogP contribution in [0.4, 0.5) is 19.2 Å². The fraction of sp³-hybridized carbons (Fsp3) is 0.851. The summed E-state index contributed by atoms with van der Waals surface area (Å²) >= 11 is 0. The molecular weight excluding hydrogens is 935 g/mol. The third-order valence-electron chi connectivity index (χ3n) is 11.5. The maximum atomic E-state index is 14.4. The fourth-order valence-corrected chi connectivity index (χ4v) is 8.45. The van der Waals surface area contributed by atoms with Gasteiger partial charge in [-0.15, -0.1) is 0 Å². The summed E-state index contributed by atoms with van der Waals surface area (Å²) in [6.07, 6.45) is -11.3. The molecule has 3 aliphatic heterocycles. The van der Waals surface area contributed by atoms with Crippen LogP contribution >= 0.6 is 0 Å². The standard InChI is InChI=1S/C47H83N7O17/c1-42(2,3)68-38(58)51-27-17-16-26(23-49-20-15-19-48)65-35(27)66-33-29(52-39(59)69-43(4,5)6)22-28(50-37(57)47(63)18-21-54(24-47)41(61)71-45(10,11)12)32(30(33)55)67-36-31(56)34(46(13,62)25-64-36)53(14)40(60)70-44(7,8)9/h16,27-36,49,55-56,62-63H,15,17-25,48H2,1-14H3,(H,50,57)(H,51,58)(H,52,59)/t27-,28-,29+,30-,31-,32+,33-,34-,35-,36-,46+,47?/m1/s1. The van der Waals surface area contributed by atoms with Gasteiger partial charge in [-0.25, -0.2) is 19.2 Å². The van der Waals surface area contributed by atoms with Crippen LogP contribution in [0.1, 0.15) is 116 Å². The number of likely N-dealkylation sites (tertiary alicyclic amines) is 1. The van der Waals surface area contributed by atoms with E-state index < -0.39 is 138 Å². The fourth-order valence-electron chi connectivity index (χ4n) is 8.45. The van der Waals surface area contributed by atoms with E-state index in [1.807, 2.05) is 0 Å². The molecule has 0 bridgehead atoms. The first-order valence-electron chi connectivity index (χ1n) is 24.2. The molecule has 0 aromatic rings. The normalized spacial score (nSPS) is 31.6. The number of nitrogens with two attached hydrogens (primary N) is 1. The van der Waals surface area contributed by atoms with Crippen LogP contribution in [0.2, 0.25) is 0 Å². The molecule has 71 heavy (non-hydrogen) atoms. The number of hydrogen-bond donors (Lipinski definition) is 9. The minimum Gasteiger partial charge on any atom is -0.466 e. The summed E-state index contributed by atoms with van der Waals surface area (Å²) in [5.74, 6) is -0.556. The number of likely N-dealkylation sites (N-methyl/N-ethyl adjacent to an activating group) is 1. The lowest BCUT2D eigenvalue weighted by Crippen LogP contribution is -2.71. The highest BCUT2D eigenvalue weighted by atomic mass is 16.7. The van der Waals surface area contributed by atoms with Crippen molar-refractivity contribution in [3.63, 3.8) is 0 Å². The monoisotopic (exact) mass is 1020 g/mol. The minimum atomic E-state index is -2.17. The first-order chi connectivity index (χ1) is 32.5. The highest BCUT2D eigenvalue weighted by Gasteiger charge is 2.56. The lowest BCUT2D eigenvalue weighted by Gasteiger charge is -2.50. The van der Waals surface area contributed by atoms with Gasteiger partial charge in [-0.2, -0.15) is 0 Å². The van der Waals surface area contributed by atoms with Crippen molar-refractivity contribution >= 4 is 30.3 Å². The number of nitrogens with zero attached hydrogens (tertiary/aromatic N) is 2. The molecular formula is C47H83N7O17. The van der Waals surface area contributed by atoms with E-state index in [1.165, 1.54) is 18.9 Å². The Balaban J connectivity index is 1.79. The van der Waals surface area contributed by atoms with E-state index in [-0.39, 0.29) is 32.4 Å². The van der Waals surface area contributed by atoms with E-state index in [0.717, 1.165) is 4.90 Å². The Bertz CT molecular complexity index is 1880. The Hall–Kier alpha value is -4.27. The molecule has 3 fully saturated rings. The van der Waals surface area contributed by atoms with Crippen molar-refractivity contribution in [3.8, 4) is 0 Å². The van der Waals surface area contributed by atoms with Crippen molar-refractivity contribution in [3.05, 3.63) is 11.8 Å². The Morgan fingerprint density at radius 1 is 0.789 bits per heavy atom. The van der Waals surface area contributed by atoms with E-state index in [2.05, 4.69) is 21.3 Å². The number of carbonyl (C=O) groups is 5. The summed E-state index contributed by atoms with van der Waals surface area (Å²) in [6, 6.07) is -4.98. The molecule has 4 rings (SSSR count). The highest BCUT2D eigenvalue weighted by Crippen LogP contribution is 2.36. The van der Waals surface area contributed by atoms with Crippen LogP contribution in [0.25, 0.3) is 0 Å². The zero-order chi connectivity index (χ0) is 53.7. The second-order valence-electron chi connectivity index (χ2n) is 23.0. The van der Waals surface area contributed by atoms with Crippen molar-refractivity contribution < 1.29 is 82.3 Å². The van der Waals surface area contributed by atoms with Gasteiger partial charge in [-0.1, -0.05) is 0 Å². The van der Waals surface area contributed by atoms with Gasteiger partial charge in [0.25, 0.3) is 5.91 Å². The van der Waals surface area contributed by atoms with Crippen LogP contribution in [0.3, 0.4) is 0 Å². The van der Waals surface area contributed by atoms with Crippen molar-refractivity contribution in [2.75, 3.05) is 46.4 Å². The summed E-state index contributed by atoms with van der Waals surface area (Å²) < 4.78 is 47.5. The summed E-state index contributed by atoms with van der Waals surface area (Å²) in [4.78, 5) is 69.8. The number of β-amino-alcohol motifs (C(OH)–C–C–N with tert-alkyl or cyclic N) is 1. The molecule has 4 aliphatic rings. The SMILES string of the molecule is CN(C(=O)OC(C)(C)C)[C@@H]1[C@@H](O)[C@@H](O[C@@H]2[C@@H](O)[C@H](O[C@H]3OC(CNCCCN)=CC[C@H]3NC(=O)OC(C)(C)C)[C@@H](NC(=O)OC(C)(C)C)C[C@H]2NC(=O)C2(O)CCN(C(=O)OC(C)(C)C)C2)OC[C@]1(C)O. The molecule has 408 valence electrons. The van der Waals surface area contributed by atoms with E-state index >= 15 is 0 Å². The molecule has 3 heterocycles. The average Bonchev–Trinajstić information content (AvgIpc) is 3.61. The zero-order valence-corrected chi connectivity index (χ0v) is 44.0. The Morgan fingerprint density at radius 3 is 1.87 bits per heavy atom. The summed E-state index contributed by atoms with van der Waals surface area (Å²) in [7, 11) is 1.32. The first-order valence-corrected chi connectivity index (χ1v) is 24.2. The van der Waals surface area contributed by atoms with E-state index in [1.54, 1.807) is 89.2 Å². The zero-order valence-electron chi connectivity index (χ0n) is 44.0. The lowest BCUT2D eigenvalue weighted by atomic mass is 9.82. The third kappa shape index (κ3) is 17.4. The molecule has 0 aromatic heterocycles. The maximum absolute atomic E-state index is 14.4.